The van der Waals surface area contributed by atoms with E-state index in [1.54, 1.807) is 0 Å². The number of ketones is 1. The number of carbonyl (C=O) groups is 1. The molecule has 1 aromatic carbocycles. The van der Waals surface area contributed by atoms with Gasteiger partial charge in [0.2, 0.25) is 0 Å². The monoisotopic (exact) mass is 200 g/mol. The molecule has 0 aliphatic carbocycles. The summed E-state index contributed by atoms with van der Waals surface area (Å²) in [5, 5.41) is 0. The lowest BCUT2D eigenvalue weighted by Crippen LogP contribution is -2.16. The van der Waals surface area contributed by atoms with E-state index in [1.807, 2.05) is 24.3 Å². The fourth-order valence-electron chi connectivity index (χ4n) is 1.57. The number of rotatable bonds is 2. The van der Waals surface area contributed by atoms with E-state index in [0.29, 0.717) is 0 Å². The van der Waals surface area contributed by atoms with Crippen LogP contribution in [-0.4, -0.2) is 5.78 Å². The maximum absolute atomic E-state index is 11.8. The zero-order chi connectivity index (χ0) is 11.5. The summed E-state index contributed by atoms with van der Waals surface area (Å²) < 4.78 is 0. The van der Waals surface area contributed by atoms with Crippen LogP contribution in [0.5, 0.6) is 0 Å². The summed E-state index contributed by atoms with van der Waals surface area (Å²) >= 11 is 0. The van der Waals surface area contributed by atoms with Gasteiger partial charge in [0.25, 0.3) is 0 Å². The van der Waals surface area contributed by atoms with Crippen molar-refractivity contribution in [1.82, 2.24) is 0 Å². The first-order valence-electron chi connectivity index (χ1n) is 5.03. The summed E-state index contributed by atoms with van der Waals surface area (Å²) in [6, 6.07) is 7.66. The van der Waals surface area contributed by atoms with Crippen LogP contribution in [0.4, 0.5) is 0 Å². The van der Waals surface area contributed by atoms with Crippen LogP contribution >= 0.6 is 0 Å². The molecule has 1 nitrogen and oxygen atoms in total. The number of Topliss-reactive ketones (excluding diaryl/α,β-unsaturated/α-hetero) is 1. The summed E-state index contributed by atoms with van der Waals surface area (Å²) in [7, 11) is 0. The molecule has 1 heteroatoms. The third kappa shape index (κ3) is 2.70. The van der Waals surface area contributed by atoms with Crippen molar-refractivity contribution in [3.05, 3.63) is 35.4 Å². The van der Waals surface area contributed by atoms with Gasteiger partial charge >= 0.3 is 0 Å². The van der Waals surface area contributed by atoms with Gasteiger partial charge in [-0.05, 0) is 11.0 Å². The van der Waals surface area contributed by atoms with E-state index in [9.17, 15) is 4.79 Å². The molecule has 0 amide bonds. The van der Waals surface area contributed by atoms with Gasteiger partial charge in [-0.1, -0.05) is 51.0 Å². The molecule has 0 unspecified atom stereocenters. The molecule has 0 saturated carbocycles. The largest absolute Gasteiger partial charge is 0.293 e. The minimum absolute atomic E-state index is 0.0269. The van der Waals surface area contributed by atoms with Crippen molar-refractivity contribution >= 4 is 5.78 Å². The SMILES string of the molecule is C#CCC(=O)c1ccccc1C(C)(C)C. The Bertz CT molecular complexity index is 402. The van der Waals surface area contributed by atoms with Gasteiger partial charge in [0.1, 0.15) is 0 Å². The smallest absolute Gasteiger partial charge is 0.175 e. The first-order valence-corrected chi connectivity index (χ1v) is 5.03. The highest BCUT2D eigenvalue weighted by Crippen LogP contribution is 2.26. The van der Waals surface area contributed by atoms with E-state index in [4.69, 9.17) is 6.42 Å². The molecular formula is C14H16O. The van der Waals surface area contributed by atoms with Crippen LogP contribution in [-0.2, 0) is 5.41 Å². The lowest BCUT2D eigenvalue weighted by atomic mass is 9.82. The summed E-state index contributed by atoms with van der Waals surface area (Å²) in [5.41, 5.74) is 1.79. The Morgan fingerprint density at radius 3 is 2.47 bits per heavy atom. The van der Waals surface area contributed by atoms with Crippen molar-refractivity contribution in [3.8, 4) is 12.3 Å². The summed E-state index contributed by atoms with van der Waals surface area (Å²) in [5.74, 6) is 2.43. The molecule has 0 fully saturated rings. The maximum atomic E-state index is 11.8. The van der Waals surface area contributed by atoms with E-state index in [1.165, 1.54) is 0 Å². The average molecular weight is 200 g/mol. The minimum Gasteiger partial charge on any atom is -0.293 e. The third-order valence-corrected chi connectivity index (χ3v) is 2.30. The van der Waals surface area contributed by atoms with E-state index in [-0.39, 0.29) is 17.6 Å². The summed E-state index contributed by atoms with van der Waals surface area (Å²) in [6.07, 6.45) is 5.33. The van der Waals surface area contributed by atoms with Gasteiger partial charge < -0.3 is 0 Å². The van der Waals surface area contributed by atoms with Gasteiger partial charge in [0.15, 0.2) is 5.78 Å². The van der Waals surface area contributed by atoms with Crippen molar-refractivity contribution < 1.29 is 4.79 Å². The predicted octanol–water partition coefficient (Wildman–Crippen LogP) is 3.19. The Morgan fingerprint density at radius 1 is 1.33 bits per heavy atom. The quantitative estimate of drug-likeness (QED) is 0.529. The van der Waals surface area contributed by atoms with E-state index in [0.717, 1.165) is 11.1 Å². The molecule has 0 N–H and O–H groups in total. The maximum Gasteiger partial charge on any atom is 0.175 e. The van der Waals surface area contributed by atoms with Crippen LogP contribution in [0.3, 0.4) is 0 Å². The highest BCUT2D eigenvalue weighted by molar-refractivity contribution is 5.99. The topological polar surface area (TPSA) is 17.1 Å². The zero-order valence-electron chi connectivity index (χ0n) is 9.50. The van der Waals surface area contributed by atoms with Crippen molar-refractivity contribution in [2.24, 2.45) is 0 Å². The first kappa shape index (κ1) is 11.5. The second-order valence-electron chi connectivity index (χ2n) is 4.60. The molecule has 0 aromatic heterocycles. The van der Waals surface area contributed by atoms with Crippen LogP contribution in [0.2, 0.25) is 0 Å². The molecule has 0 heterocycles. The molecule has 0 bridgehead atoms. The Balaban J connectivity index is 3.20. The number of benzene rings is 1. The molecule has 1 rings (SSSR count). The Labute approximate surface area is 91.5 Å². The van der Waals surface area contributed by atoms with Crippen LogP contribution in [0, 0.1) is 12.3 Å². The molecule has 15 heavy (non-hydrogen) atoms. The zero-order valence-corrected chi connectivity index (χ0v) is 9.50. The number of terminal acetylenes is 1. The highest BCUT2D eigenvalue weighted by Gasteiger charge is 2.20. The van der Waals surface area contributed by atoms with E-state index in [2.05, 4.69) is 26.7 Å². The normalized spacial score (nSPS) is 10.8. The number of hydrogen-bond acceptors (Lipinski definition) is 1. The van der Waals surface area contributed by atoms with Crippen molar-refractivity contribution in [1.29, 1.82) is 0 Å². The van der Waals surface area contributed by atoms with Gasteiger partial charge in [-0.2, -0.15) is 0 Å². The van der Waals surface area contributed by atoms with Crippen LogP contribution < -0.4 is 0 Å². The second-order valence-corrected chi connectivity index (χ2v) is 4.60. The van der Waals surface area contributed by atoms with Gasteiger partial charge in [-0.25, -0.2) is 0 Å². The fourth-order valence-corrected chi connectivity index (χ4v) is 1.57. The fraction of sp³-hybridized carbons (Fsp3) is 0.357. The molecule has 1 aromatic rings. The van der Waals surface area contributed by atoms with Crippen LogP contribution in [0.15, 0.2) is 24.3 Å². The van der Waals surface area contributed by atoms with Gasteiger partial charge in [0.05, 0.1) is 6.42 Å². The van der Waals surface area contributed by atoms with Crippen molar-refractivity contribution in [3.63, 3.8) is 0 Å². The molecule has 0 spiro atoms. The molecule has 0 radical (unpaired) electrons. The lowest BCUT2D eigenvalue weighted by Gasteiger charge is -2.21. The third-order valence-electron chi connectivity index (χ3n) is 2.30. The standard InChI is InChI=1S/C14H16O/c1-5-8-13(15)11-9-6-7-10-12(11)14(2,3)4/h1,6-7,9-10H,8H2,2-4H3. The van der Waals surface area contributed by atoms with Crippen LogP contribution in [0.25, 0.3) is 0 Å². The highest BCUT2D eigenvalue weighted by atomic mass is 16.1. The molecule has 0 atom stereocenters. The van der Waals surface area contributed by atoms with Crippen molar-refractivity contribution in [2.45, 2.75) is 32.6 Å². The molecule has 78 valence electrons. The summed E-state index contributed by atoms with van der Waals surface area (Å²) in [6.45, 7) is 6.28. The van der Waals surface area contributed by atoms with Gasteiger partial charge in [0, 0.05) is 5.56 Å². The predicted molar refractivity (Wildman–Crippen MR) is 62.9 cm³/mol. The van der Waals surface area contributed by atoms with E-state index >= 15 is 0 Å². The Hall–Kier alpha value is -1.55. The van der Waals surface area contributed by atoms with Gasteiger partial charge in [-0.3, -0.25) is 4.79 Å². The van der Waals surface area contributed by atoms with E-state index < -0.39 is 0 Å². The molecule has 0 aliphatic heterocycles. The van der Waals surface area contributed by atoms with Crippen molar-refractivity contribution in [2.75, 3.05) is 0 Å². The van der Waals surface area contributed by atoms with Gasteiger partial charge in [-0.15, -0.1) is 6.42 Å². The first-order chi connectivity index (χ1) is 6.96. The Kier molecular flexibility index (Phi) is 3.31. The number of carbonyl (C=O) groups excluding carboxylic acids is 1. The summed E-state index contributed by atoms with van der Waals surface area (Å²) in [4.78, 5) is 11.8. The average Bonchev–Trinajstić information content (AvgIpc) is 2.17. The molecule has 0 aliphatic rings. The second kappa shape index (κ2) is 4.31. The number of hydrogen-bond donors (Lipinski definition) is 0. The lowest BCUT2D eigenvalue weighted by molar-refractivity contribution is 0.0996. The van der Waals surface area contributed by atoms with Crippen LogP contribution in [0.1, 0.15) is 43.1 Å². The molecular weight excluding hydrogens is 184 g/mol. The molecule has 0 saturated heterocycles. The minimum atomic E-state index is -0.0269. The Morgan fingerprint density at radius 2 is 1.93 bits per heavy atom.